The monoisotopic (exact) mass is 387 g/mol. The quantitative estimate of drug-likeness (QED) is 0.455. The number of pyridine rings is 1. The van der Waals surface area contributed by atoms with Gasteiger partial charge < -0.3 is 4.74 Å². The SMILES string of the molecule is CCc1nc2ccccc2c(C(=O)OCC(=O)c2ccc3c(c2)CCCC3)c1C. The molecule has 0 unspecified atom stereocenters. The van der Waals surface area contributed by atoms with Gasteiger partial charge in [-0.1, -0.05) is 37.3 Å². The number of carbonyl (C=O) groups is 2. The molecule has 0 saturated heterocycles. The normalized spacial score (nSPS) is 13.2. The summed E-state index contributed by atoms with van der Waals surface area (Å²) in [6.45, 7) is 3.65. The summed E-state index contributed by atoms with van der Waals surface area (Å²) >= 11 is 0. The Balaban J connectivity index is 1.56. The minimum atomic E-state index is -0.470. The number of hydrogen-bond acceptors (Lipinski definition) is 4. The fourth-order valence-corrected chi connectivity index (χ4v) is 4.16. The molecule has 0 amide bonds. The maximum Gasteiger partial charge on any atom is 0.339 e. The lowest BCUT2D eigenvalue weighted by Crippen LogP contribution is -2.17. The number of carbonyl (C=O) groups excluding carboxylic acids is 2. The van der Waals surface area contributed by atoms with E-state index in [1.54, 1.807) is 0 Å². The van der Waals surface area contributed by atoms with E-state index in [2.05, 4.69) is 4.98 Å². The Bertz CT molecular complexity index is 1100. The number of esters is 1. The molecular weight excluding hydrogens is 362 g/mol. The molecule has 0 radical (unpaired) electrons. The second-order valence-electron chi connectivity index (χ2n) is 7.62. The summed E-state index contributed by atoms with van der Waals surface area (Å²) in [5, 5.41) is 0.758. The lowest BCUT2D eigenvalue weighted by Gasteiger charge is -2.16. The van der Waals surface area contributed by atoms with E-state index >= 15 is 0 Å². The van der Waals surface area contributed by atoms with Crippen LogP contribution in [0.1, 0.15) is 62.9 Å². The van der Waals surface area contributed by atoms with Crippen molar-refractivity contribution in [1.29, 1.82) is 0 Å². The second-order valence-corrected chi connectivity index (χ2v) is 7.62. The predicted molar refractivity (Wildman–Crippen MR) is 114 cm³/mol. The van der Waals surface area contributed by atoms with E-state index in [9.17, 15) is 9.59 Å². The van der Waals surface area contributed by atoms with Gasteiger partial charge in [-0.15, -0.1) is 0 Å². The molecule has 0 bridgehead atoms. The molecule has 0 spiro atoms. The highest BCUT2D eigenvalue weighted by Gasteiger charge is 2.20. The third-order valence-corrected chi connectivity index (χ3v) is 5.78. The molecule has 2 aromatic carbocycles. The zero-order valence-electron chi connectivity index (χ0n) is 17.0. The number of nitrogens with zero attached hydrogens (tertiary/aromatic N) is 1. The molecule has 4 heteroatoms. The summed E-state index contributed by atoms with van der Waals surface area (Å²) in [7, 11) is 0. The van der Waals surface area contributed by atoms with Crippen molar-refractivity contribution in [3.8, 4) is 0 Å². The minimum Gasteiger partial charge on any atom is -0.454 e. The van der Waals surface area contributed by atoms with Crippen molar-refractivity contribution in [3.05, 3.63) is 76.0 Å². The second kappa shape index (κ2) is 8.16. The molecular formula is C25H25NO3. The largest absolute Gasteiger partial charge is 0.454 e. The number of ether oxygens (including phenoxy) is 1. The van der Waals surface area contributed by atoms with Gasteiger partial charge in [-0.25, -0.2) is 4.79 Å². The van der Waals surface area contributed by atoms with Crippen LogP contribution in [0.5, 0.6) is 0 Å². The van der Waals surface area contributed by atoms with Crippen molar-refractivity contribution in [3.63, 3.8) is 0 Å². The van der Waals surface area contributed by atoms with E-state index in [1.807, 2.05) is 56.3 Å². The summed E-state index contributed by atoms with van der Waals surface area (Å²) in [5.74, 6) is -0.638. The summed E-state index contributed by atoms with van der Waals surface area (Å²) in [6, 6.07) is 13.4. The van der Waals surface area contributed by atoms with Crippen molar-refractivity contribution in [1.82, 2.24) is 4.98 Å². The summed E-state index contributed by atoms with van der Waals surface area (Å²) in [5.41, 5.74) is 6.15. The molecule has 0 aliphatic heterocycles. The third-order valence-electron chi connectivity index (χ3n) is 5.78. The molecule has 3 aromatic rings. The molecule has 1 aliphatic carbocycles. The van der Waals surface area contributed by atoms with Crippen LogP contribution in [0.15, 0.2) is 42.5 Å². The Kier molecular flexibility index (Phi) is 5.43. The number of aromatic nitrogens is 1. The zero-order valence-corrected chi connectivity index (χ0v) is 17.0. The van der Waals surface area contributed by atoms with Crippen LogP contribution in [0.3, 0.4) is 0 Å². The van der Waals surface area contributed by atoms with E-state index in [0.29, 0.717) is 11.1 Å². The number of ketones is 1. The van der Waals surface area contributed by atoms with E-state index < -0.39 is 5.97 Å². The Morgan fingerprint density at radius 2 is 1.79 bits per heavy atom. The number of para-hydroxylation sites is 1. The molecule has 0 atom stereocenters. The Morgan fingerprint density at radius 1 is 1.03 bits per heavy atom. The standard InChI is InChI=1S/C25H25NO3/c1-3-21-16(2)24(20-10-6-7-11-22(20)26-21)25(28)29-15-23(27)19-13-12-17-8-4-5-9-18(17)14-19/h6-7,10-14H,3-5,8-9,15H2,1-2H3. The third kappa shape index (κ3) is 3.80. The lowest BCUT2D eigenvalue weighted by molar-refractivity contribution is 0.0476. The highest BCUT2D eigenvalue weighted by molar-refractivity contribution is 6.06. The molecule has 4 nitrogen and oxygen atoms in total. The number of fused-ring (bicyclic) bond motifs is 2. The average molecular weight is 387 g/mol. The maximum atomic E-state index is 12.9. The minimum absolute atomic E-state index is 0.168. The molecule has 0 saturated carbocycles. The van der Waals surface area contributed by atoms with Gasteiger partial charge in [0, 0.05) is 16.6 Å². The molecule has 0 N–H and O–H groups in total. The summed E-state index contributed by atoms with van der Waals surface area (Å²) in [4.78, 5) is 30.2. The van der Waals surface area contributed by atoms with Crippen molar-refractivity contribution < 1.29 is 14.3 Å². The molecule has 29 heavy (non-hydrogen) atoms. The fourth-order valence-electron chi connectivity index (χ4n) is 4.16. The van der Waals surface area contributed by atoms with Crippen LogP contribution in [-0.2, 0) is 24.0 Å². The maximum absolute atomic E-state index is 12.9. The average Bonchev–Trinajstić information content (AvgIpc) is 2.76. The van der Waals surface area contributed by atoms with Gasteiger partial charge in [0.25, 0.3) is 0 Å². The van der Waals surface area contributed by atoms with Gasteiger partial charge in [0.1, 0.15) is 0 Å². The molecule has 1 aliphatic rings. The van der Waals surface area contributed by atoms with Gasteiger partial charge in [0.05, 0.1) is 11.1 Å². The first-order valence-corrected chi connectivity index (χ1v) is 10.3. The Labute approximate surface area is 170 Å². The van der Waals surface area contributed by atoms with Crippen LogP contribution in [0, 0.1) is 6.92 Å². The molecule has 0 fully saturated rings. The predicted octanol–water partition coefficient (Wildman–Crippen LogP) is 5.02. The first-order chi connectivity index (χ1) is 14.1. The van der Waals surface area contributed by atoms with Crippen LogP contribution in [-0.4, -0.2) is 23.3 Å². The molecule has 1 heterocycles. The highest BCUT2D eigenvalue weighted by atomic mass is 16.5. The summed E-state index contributed by atoms with van der Waals surface area (Å²) < 4.78 is 5.46. The van der Waals surface area contributed by atoms with E-state index in [0.717, 1.165) is 47.8 Å². The van der Waals surface area contributed by atoms with Gasteiger partial charge >= 0.3 is 5.97 Å². The van der Waals surface area contributed by atoms with Gasteiger partial charge in [0.15, 0.2) is 12.4 Å². The Morgan fingerprint density at radius 3 is 2.59 bits per heavy atom. The van der Waals surface area contributed by atoms with Crippen LogP contribution < -0.4 is 0 Å². The van der Waals surface area contributed by atoms with Gasteiger partial charge in [-0.3, -0.25) is 9.78 Å². The lowest BCUT2D eigenvalue weighted by atomic mass is 9.90. The molecule has 4 rings (SSSR count). The van der Waals surface area contributed by atoms with E-state index in [1.165, 1.54) is 17.5 Å². The number of aryl methyl sites for hydroxylation is 3. The van der Waals surface area contributed by atoms with Crippen LogP contribution >= 0.6 is 0 Å². The van der Waals surface area contributed by atoms with Crippen LogP contribution in [0.25, 0.3) is 10.9 Å². The first kappa shape index (κ1) is 19.3. The number of rotatable bonds is 5. The van der Waals surface area contributed by atoms with Crippen molar-refractivity contribution in [2.45, 2.75) is 46.0 Å². The first-order valence-electron chi connectivity index (χ1n) is 10.3. The fraction of sp³-hybridized carbons (Fsp3) is 0.320. The molecule has 148 valence electrons. The van der Waals surface area contributed by atoms with E-state index in [4.69, 9.17) is 4.74 Å². The Hall–Kier alpha value is -3.01. The van der Waals surface area contributed by atoms with Crippen molar-refractivity contribution in [2.75, 3.05) is 6.61 Å². The van der Waals surface area contributed by atoms with Crippen molar-refractivity contribution in [2.24, 2.45) is 0 Å². The summed E-state index contributed by atoms with van der Waals surface area (Å²) in [6.07, 6.45) is 5.18. The zero-order chi connectivity index (χ0) is 20.4. The van der Waals surface area contributed by atoms with E-state index in [-0.39, 0.29) is 12.4 Å². The van der Waals surface area contributed by atoms with Crippen molar-refractivity contribution >= 4 is 22.7 Å². The number of benzene rings is 2. The van der Waals surface area contributed by atoms with Crippen LogP contribution in [0.4, 0.5) is 0 Å². The molecule has 1 aromatic heterocycles. The van der Waals surface area contributed by atoms with Crippen LogP contribution in [0.2, 0.25) is 0 Å². The van der Waals surface area contributed by atoms with Gasteiger partial charge in [0.2, 0.25) is 0 Å². The van der Waals surface area contributed by atoms with Gasteiger partial charge in [-0.05, 0) is 67.9 Å². The topological polar surface area (TPSA) is 56.3 Å². The number of hydrogen-bond donors (Lipinski definition) is 0. The highest BCUT2D eigenvalue weighted by Crippen LogP contribution is 2.25. The van der Waals surface area contributed by atoms with Gasteiger partial charge in [-0.2, -0.15) is 0 Å². The number of Topliss-reactive ketones (excluding diaryl/α,β-unsaturated/α-hetero) is 1. The smallest absolute Gasteiger partial charge is 0.339 e.